The van der Waals surface area contributed by atoms with E-state index in [1.165, 1.54) is 18.6 Å². The van der Waals surface area contributed by atoms with Crippen LogP contribution in [0.25, 0.3) is 22.2 Å². The van der Waals surface area contributed by atoms with Crippen molar-refractivity contribution < 1.29 is 8.42 Å². The van der Waals surface area contributed by atoms with Crippen LogP contribution in [-0.4, -0.2) is 23.0 Å². The van der Waals surface area contributed by atoms with Crippen molar-refractivity contribution in [2.24, 2.45) is 0 Å². The second-order valence-electron chi connectivity index (χ2n) is 7.74. The van der Waals surface area contributed by atoms with Gasteiger partial charge in [-0.25, -0.2) is 18.4 Å². The highest BCUT2D eigenvalue weighted by Crippen LogP contribution is 2.38. The molecule has 4 aromatic rings. The number of anilines is 1. The second-order valence-corrected chi connectivity index (χ2v) is 10.4. The lowest BCUT2D eigenvalue weighted by atomic mass is 10.1. The van der Waals surface area contributed by atoms with Gasteiger partial charge in [-0.15, -0.1) is 0 Å². The summed E-state index contributed by atoms with van der Waals surface area (Å²) in [6.45, 7) is 2.72. The molecule has 4 rings (SSSR count). The molecule has 0 spiro atoms. The lowest BCUT2D eigenvalue weighted by Crippen LogP contribution is -2.09. The Morgan fingerprint density at radius 3 is 2.38 bits per heavy atom. The molecular formula is C23H24Cl2N4O2S. The number of rotatable bonds is 8. The van der Waals surface area contributed by atoms with Crippen molar-refractivity contribution in [2.75, 3.05) is 5.73 Å². The second kappa shape index (κ2) is 9.25. The van der Waals surface area contributed by atoms with E-state index >= 15 is 0 Å². The highest BCUT2D eigenvalue weighted by atomic mass is 35.5. The molecule has 0 aliphatic carbocycles. The van der Waals surface area contributed by atoms with Gasteiger partial charge in [-0.3, -0.25) is 0 Å². The Balaban J connectivity index is 1.92. The summed E-state index contributed by atoms with van der Waals surface area (Å²) in [5, 5.41) is 0.339. The minimum Gasteiger partial charge on any atom is -0.384 e. The quantitative estimate of drug-likeness (QED) is 0.293. The van der Waals surface area contributed by atoms with Crippen molar-refractivity contribution in [1.82, 2.24) is 14.5 Å². The fourth-order valence-corrected chi connectivity index (χ4v) is 6.11. The van der Waals surface area contributed by atoms with E-state index in [1.807, 2.05) is 18.2 Å². The van der Waals surface area contributed by atoms with Crippen molar-refractivity contribution in [3.63, 3.8) is 0 Å². The molecule has 2 aromatic carbocycles. The van der Waals surface area contributed by atoms with Crippen LogP contribution in [-0.2, 0) is 16.4 Å². The molecule has 0 aliphatic rings. The van der Waals surface area contributed by atoms with Crippen LogP contribution < -0.4 is 5.73 Å². The van der Waals surface area contributed by atoms with Gasteiger partial charge in [-0.2, -0.15) is 0 Å². The van der Waals surface area contributed by atoms with E-state index in [0.29, 0.717) is 23.2 Å². The molecular weight excluding hydrogens is 467 g/mol. The molecule has 0 unspecified atom stereocenters. The molecule has 2 aromatic heterocycles. The van der Waals surface area contributed by atoms with Gasteiger partial charge < -0.3 is 10.3 Å². The summed E-state index contributed by atoms with van der Waals surface area (Å²) in [6.07, 6.45) is 5.32. The van der Waals surface area contributed by atoms with E-state index in [-0.39, 0.29) is 31.2 Å². The first-order valence-electron chi connectivity index (χ1n) is 10.6. The van der Waals surface area contributed by atoms with Crippen LogP contribution in [0.2, 0.25) is 10.0 Å². The van der Waals surface area contributed by atoms with Crippen molar-refractivity contribution in [1.29, 1.82) is 0 Å². The topological polar surface area (TPSA) is 90.9 Å². The summed E-state index contributed by atoms with van der Waals surface area (Å²) in [5.74, 6) is 0.113. The zero-order valence-electron chi connectivity index (χ0n) is 17.7. The molecule has 6 nitrogen and oxygen atoms in total. The van der Waals surface area contributed by atoms with E-state index in [2.05, 4.69) is 11.9 Å². The molecule has 32 heavy (non-hydrogen) atoms. The van der Waals surface area contributed by atoms with E-state index in [1.54, 1.807) is 16.7 Å². The number of fused-ring (bicyclic) bond motifs is 2. The number of nitrogen functional groups attached to an aromatic ring is 1. The Kier molecular flexibility index (Phi) is 6.60. The molecule has 0 radical (unpaired) electrons. The Morgan fingerprint density at radius 1 is 0.969 bits per heavy atom. The summed E-state index contributed by atoms with van der Waals surface area (Å²) in [5.41, 5.74) is 8.42. The van der Waals surface area contributed by atoms with Gasteiger partial charge in [0.25, 0.3) is 0 Å². The molecule has 0 fully saturated rings. The largest absolute Gasteiger partial charge is 0.384 e. The number of aromatic nitrogens is 3. The van der Waals surface area contributed by atoms with Crippen LogP contribution in [0.4, 0.5) is 5.82 Å². The lowest BCUT2D eigenvalue weighted by Gasteiger charge is -2.09. The van der Waals surface area contributed by atoms with Crippen LogP contribution in [0, 0.1) is 0 Å². The van der Waals surface area contributed by atoms with Crippen molar-refractivity contribution >= 4 is 61.1 Å². The molecule has 2 heterocycles. The number of hydrogen-bond acceptors (Lipinski definition) is 5. The number of benzene rings is 2. The lowest BCUT2D eigenvalue weighted by molar-refractivity contribution is 0.576. The zero-order valence-corrected chi connectivity index (χ0v) is 20.0. The number of halogens is 2. The highest BCUT2D eigenvalue weighted by molar-refractivity contribution is 7.92. The molecule has 0 atom stereocenters. The number of para-hydroxylation sites is 2. The monoisotopic (exact) mass is 490 g/mol. The SMILES string of the molecule is CCCCCCCn1c(N)c(S(=O)(=O)c2cc(Cl)ccc2Cl)c2nc3ccccc3nc21. The Bertz CT molecular complexity index is 1400. The maximum Gasteiger partial charge on any atom is 0.213 e. The fourth-order valence-electron chi connectivity index (χ4n) is 3.85. The Morgan fingerprint density at radius 2 is 1.66 bits per heavy atom. The third-order valence-electron chi connectivity index (χ3n) is 5.48. The van der Waals surface area contributed by atoms with Gasteiger partial charge in [-0.05, 0) is 36.8 Å². The first-order chi connectivity index (χ1) is 15.3. The van der Waals surface area contributed by atoms with E-state index in [4.69, 9.17) is 33.9 Å². The van der Waals surface area contributed by atoms with E-state index in [9.17, 15) is 8.42 Å². The van der Waals surface area contributed by atoms with Gasteiger partial charge in [0.05, 0.1) is 21.0 Å². The number of nitrogens with zero attached hydrogens (tertiary/aromatic N) is 3. The van der Waals surface area contributed by atoms with Gasteiger partial charge in [0.2, 0.25) is 9.84 Å². The molecule has 0 saturated carbocycles. The molecule has 168 valence electrons. The number of unbranched alkanes of at least 4 members (excludes halogenated alkanes) is 4. The molecule has 2 N–H and O–H groups in total. The minimum atomic E-state index is -4.10. The summed E-state index contributed by atoms with van der Waals surface area (Å²) in [6, 6.07) is 11.7. The third-order valence-corrected chi connectivity index (χ3v) is 8.02. The predicted octanol–water partition coefficient (Wildman–Crippen LogP) is 6.28. The first kappa shape index (κ1) is 22.8. The van der Waals surface area contributed by atoms with Crippen molar-refractivity contribution in [3.05, 3.63) is 52.5 Å². The first-order valence-corrected chi connectivity index (χ1v) is 12.8. The smallest absolute Gasteiger partial charge is 0.213 e. The molecule has 9 heteroatoms. The molecule has 0 aliphatic heterocycles. The highest BCUT2D eigenvalue weighted by Gasteiger charge is 2.31. The van der Waals surface area contributed by atoms with Gasteiger partial charge in [0, 0.05) is 11.6 Å². The number of aryl methyl sites for hydroxylation is 1. The molecule has 0 amide bonds. The normalized spacial score (nSPS) is 12.1. The standard InChI is InChI=1S/C23H24Cl2N4O2S/c1-2-3-4-5-8-13-29-22(26)21(32(30,31)19-14-15(24)11-12-16(19)25)20-23(29)28-18-10-7-6-9-17(18)27-20/h6-7,9-12,14H,2-5,8,13,26H2,1H3. The van der Waals surface area contributed by atoms with Crippen LogP contribution in [0.3, 0.4) is 0 Å². The summed E-state index contributed by atoms with van der Waals surface area (Å²) in [4.78, 5) is 9.18. The maximum atomic E-state index is 13.7. The van der Waals surface area contributed by atoms with Gasteiger partial charge in [0.1, 0.15) is 16.2 Å². The van der Waals surface area contributed by atoms with E-state index in [0.717, 1.165) is 25.7 Å². The summed E-state index contributed by atoms with van der Waals surface area (Å²) in [7, 11) is -4.10. The van der Waals surface area contributed by atoms with Gasteiger partial charge >= 0.3 is 0 Å². The van der Waals surface area contributed by atoms with Crippen LogP contribution in [0.15, 0.2) is 52.3 Å². The Hall–Kier alpha value is -2.35. The predicted molar refractivity (Wildman–Crippen MR) is 130 cm³/mol. The van der Waals surface area contributed by atoms with Gasteiger partial charge in [-0.1, -0.05) is 67.9 Å². The maximum absolute atomic E-state index is 13.7. The van der Waals surface area contributed by atoms with Gasteiger partial charge in [0.15, 0.2) is 5.65 Å². The molecule has 0 bridgehead atoms. The molecule has 0 saturated heterocycles. The number of sulfone groups is 1. The number of hydrogen-bond donors (Lipinski definition) is 1. The average Bonchev–Trinajstić information content (AvgIpc) is 3.04. The zero-order chi connectivity index (χ0) is 22.9. The minimum absolute atomic E-state index is 0.0722. The van der Waals surface area contributed by atoms with Crippen LogP contribution in [0.1, 0.15) is 39.0 Å². The van der Waals surface area contributed by atoms with Crippen LogP contribution in [0.5, 0.6) is 0 Å². The fraction of sp³-hybridized carbons (Fsp3) is 0.304. The third kappa shape index (κ3) is 4.17. The average molecular weight is 491 g/mol. The van der Waals surface area contributed by atoms with Crippen LogP contribution >= 0.6 is 23.2 Å². The summed E-state index contributed by atoms with van der Waals surface area (Å²) >= 11 is 12.3. The Labute approximate surface area is 197 Å². The van der Waals surface area contributed by atoms with Crippen molar-refractivity contribution in [2.45, 2.75) is 55.4 Å². The summed E-state index contributed by atoms with van der Waals surface area (Å²) < 4.78 is 29.2. The number of nitrogens with two attached hydrogens (primary N) is 1. The van der Waals surface area contributed by atoms with E-state index < -0.39 is 9.84 Å². The van der Waals surface area contributed by atoms with Crippen molar-refractivity contribution in [3.8, 4) is 0 Å².